The Labute approximate surface area is 141 Å². The maximum absolute atomic E-state index is 12.9. The SMILES string of the molecule is O=C(Nc1cnn(Cc2ccncc2)c1)[C@@]12CCCC[C@H]1CNC2. The second-order valence-corrected chi connectivity index (χ2v) is 6.97. The van der Waals surface area contributed by atoms with Gasteiger partial charge in [0, 0.05) is 25.1 Å². The number of fused-ring (bicyclic) bond motifs is 1. The molecule has 2 atom stereocenters. The summed E-state index contributed by atoms with van der Waals surface area (Å²) in [6.07, 6.45) is 11.7. The van der Waals surface area contributed by atoms with Crippen molar-refractivity contribution in [2.24, 2.45) is 11.3 Å². The molecular weight excluding hydrogens is 302 g/mol. The number of anilines is 1. The lowest BCUT2D eigenvalue weighted by molar-refractivity contribution is -0.128. The number of amides is 1. The molecule has 1 aliphatic heterocycles. The molecule has 6 heteroatoms. The van der Waals surface area contributed by atoms with E-state index in [4.69, 9.17) is 0 Å². The molecule has 0 aromatic carbocycles. The minimum absolute atomic E-state index is 0.153. The average molecular weight is 325 g/mol. The van der Waals surface area contributed by atoms with Gasteiger partial charge in [-0.25, -0.2) is 0 Å². The number of rotatable bonds is 4. The summed E-state index contributed by atoms with van der Waals surface area (Å²) in [5, 5.41) is 10.9. The Morgan fingerprint density at radius 2 is 2.25 bits per heavy atom. The molecule has 2 N–H and O–H groups in total. The predicted molar refractivity (Wildman–Crippen MR) is 91.5 cm³/mol. The molecule has 1 aliphatic carbocycles. The Balaban J connectivity index is 1.45. The van der Waals surface area contributed by atoms with Crippen LogP contribution in [0.5, 0.6) is 0 Å². The molecule has 6 nitrogen and oxygen atoms in total. The van der Waals surface area contributed by atoms with Gasteiger partial charge in [0.05, 0.1) is 23.8 Å². The number of hydrogen-bond donors (Lipinski definition) is 2. The van der Waals surface area contributed by atoms with Gasteiger partial charge >= 0.3 is 0 Å². The Morgan fingerprint density at radius 3 is 3.12 bits per heavy atom. The minimum Gasteiger partial charge on any atom is -0.323 e. The quantitative estimate of drug-likeness (QED) is 0.902. The topological polar surface area (TPSA) is 71.8 Å². The molecule has 2 fully saturated rings. The zero-order valence-electron chi connectivity index (χ0n) is 13.7. The molecule has 0 radical (unpaired) electrons. The molecule has 1 saturated carbocycles. The third kappa shape index (κ3) is 2.82. The molecule has 126 valence electrons. The summed E-state index contributed by atoms with van der Waals surface area (Å²) in [4.78, 5) is 17.0. The van der Waals surface area contributed by atoms with Crippen LogP contribution >= 0.6 is 0 Å². The lowest BCUT2D eigenvalue weighted by atomic mass is 9.67. The standard InChI is InChI=1S/C18H23N5O/c24-17(18-6-2-1-3-15(18)9-20-13-18)22-16-10-21-23(12-16)11-14-4-7-19-8-5-14/h4-5,7-8,10,12,15,20H,1-3,6,9,11,13H2,(H,22,24)/t15-,18+/m0/s1. The van der Waals surface area contributed by atoms with Gasteiger partial charge in [-0.2, -0.15) is 5.10 Å². The van der Waals surface area contributed by atoms with Crippen molar-refractivity contribution in [2.75, 3.05) is 18.4 Å². The summed E-state index contributed by atoms with van der Waals surface area (Å²) in [6, 6.07) is 3.94. The van der Waals surface area contributed by atoms with E-state index in [-0.39, 0.29) is 11.3 Å². The molecule has 4 rings (SSSR count). The lowest BCUT2D eigenvalue weighted by Crippen LogP contribution is -2.44. The van der Waals surface area contributed by atoms with Crippen LogP contribution in [0.25, 0.3) is 0 Å². The van der Waals surface area contributed by atoms with Crippen LogP contribution in [0, 0.1) is 11.3 Å². The molecule has 24 heavy (non-hydrogen) atoms. The summed E-state index contributed by atoms with van der Waals surface area (Å²) < 4.78 is 1.84. The number of pyridine rings is 1. The van der Waals surface area contributed by atoms with E-state index in [1.165, 1.54) is 6.42 Å². The first kappa shape index (κ1) is 15.3. The number of nitrogens with zero attached hydrogens (tertiary/aromatic N) is 3. The van der Waals surface area contributed by atoms with Gasteiger partial charge in [-0.1, -0.05) is 12.8 Å². The molecule has 3 heterocycles. The van der Waals surface area contributed by atoms with Gasteiger partial charge in [0.25, 0.3) is 0 Å². The number of carbonyl (C=O) groups is 1. The largest absolute Gasteiger partial charge is 0.323 e. The van der Waals surface area contributed by atoms with Crippen LogP contribution in [-0.4, -0.2) is 33.8 Å². The first-order chi connectivity index (χ1) is 11.8. The predicted octanol–water partition coefficient (Wildman–Crippen LogP) is 2.04. The van der Waals surface area contributed by atoms with Gasteiger partial charge < -0.3 is 10.6 Å². The van der Waals surface area contributed by atoms with Crippen LogP contribution in [0.1, 0.15) is 31.2 Å². The van der Waals surface area contributed by atoms with Gasteiger partial charge in [-0.05, 0) is 43.0 Å². The lowest BCUT2D eigenvalue weighted by Gasteiger charge is -2.36. The molecule has 0 bridgehead atoms. The smallest absolute Gasteiger partial charge is 0.232 e. The Morgan fingerprint density at radius 1 is 1.38 bits per heavy atom. The van der Waals surface area contributed by atoms with E-state index in [0.29, 0.717) is 12.5 Å². The monoisotopic (exact) mass is 325 g/mol. The second-order valence-electron chi connectivity index (χ2n) is 6.97. The third-order valence-electron chi connectivity index (χ3n) is 5.48. The number of nitrogens with one attached hydrogen (secondary N) is 2. The molecule has 0 spiro atoms. The normalized spacial score (nSPS) is 26.1. The van der Waals surface area contributed by atoms with Crippen molar-refractivity contribution in [3.63, 3.8) is 0 Å². The van der Waals surface area contributed by atoms with Crippen LogP contribution in [0.3, 0.4) is 0 Å². The van der Waals surface area contributed by atoms with Gasteiger partial charge in [0.2, 0.25) is 5.91 Å². The average Bonchev–Trinajstić information content (AvgIpc) is 3.23. The fourth-order valence-electron chi connectivity index (χ4n) is 4.14. The number of hydrogen-bond acceptors (Lipinski definition) is 4. The van der Waals surface area contributed by atoms with E-state index in [1.54, 1.807) is 18.6 Å². The maximum Gasteiger partial charge on any atom is 0.232 e. The van der Waals surface area contributed by atoms with Crippen molar-refractivity contribution >= 4 is 11.6 Å². The molecule has 1 saturated heterocycles. The summed E-state index contributed by atoms with van der Waals surface area (Å²) >= 11 is 0. The molecule has 1 amide bonds. The molecular formula is C18H23N5O. The Bertz CT molecular complexity index is 713. The van der Waals surface area contributed by atoms with Gasteiger partial charge in [0.1, 0.15) is 0 Å². The van der Waals surface area contributed by atoms with Crippen LogP contribution in [0.2, 0.25) is 0 Å². The van der Waals surface area contributed by atoms with Crippen molar-refractivity contribution in [1.82, 2.24) is 20.1 Å². The highest BCUT2D eigenvalue weighted by atomic mass is 16.2. The number of carbonyl (C=O) groups excluding carboxylic acids is 1. The van der Waals surface area contributed by atoms with Crippen molar-refractivity contribution in [1.29, 1.82) is 0 Å². The van der Waals surface area contributed by atoms with Crippen LogP contribution in [0.15, 0.2) is 36.9 Å². The maximum atomic E-state index is 12.9. The zero-order chi connectivity index (χ0) is 16.4. The highest BCUT2D eigenvalue weighted by molar-refractivity contribution is 5.96. The number of aromatic nitrogens is 3. The second kappa shape index (κ2) is 6.36. The van der Waals surface area contributed by atoms with E-state index >= 15 is 0 Å². The van der Waals surface area contributed by atoms with E-state index in [9.17, 15) is 4.79 Å². The van der Waals surface area contributed by atoms with Gasteiger partial charge in [-0.3, -0.25) is 14.5 Å². The van der Waals surface area contributed by atoms with Crippen LogP contribution in [0.4, 0.5) is 5.69 Å². The van der Waals surface area contributed by atoms with Crippen molar-refractivity contribution in [3.8, 4) is 0 Å². The first-order valence-electron chi connectivity index (χ1n) is 8.70. The summed E-state index contributed by atoms with van der Waals surface area (Å²) in [5.41, 5.74) is 1.68. The molecule has 0 unspecified atom stereocenters. The van der Waals surface area contributed by atoms with Crippen LogP contribution < -0.4 is 10.6 Å². The zero-order valence-corrected chi connectivity index (χ0v) is 13.7. The van der Waals surface area contributed by atoms with Crippen molar-refractivity contribution < 1.29 is 4.79 Å². The fraction of sp³-hybridized carbons (Fsp3) is 0.500. The highest BCUT2D eigenvalue weighted by Crippen LogP contribution is 2.44. The Kier molecular flexibility index (Phi) is 4.06. The summed E-state index contributed by atoms with van der Waals surface area (Å²) in [5.74, 6) is 0.624. The van der Waals surface area contributed by atoms with Gasteiger partial charge in [0.15, 0.2) is 0 Å². The minimum atomic E-state index is -0.231. The first-order valence-corrected chi connectivity index (χ1v) is 8.70. The molecule has 2 aliphatic rings. The van der Waals surface area contributed by atoms with Crippen molar-refractivity contribution in [2.45, 2.75) is 32.2 Å². The van der Waals surface area contributed by atoms with Gasteiger partial charge in [-0.15, -0.1) is 0 Å². The van der Waals surface area contributed by atoms with Crippen LogP contribution in [-0.2, 0) is 11.3 Å². The van der Waals surface area contributed by atoms with E-state index < -0.39 is 0 Å². The van der Waals surface area contributed by atoms with E-state index in [1.807, 2.05) is 23.0 Å². The van der Waals surface area contributed by atoms with E-state index in [2.05, 4.69) is 20.7 Å². The third-order valence-corrected chi connectivity index (χ3v) is 5.48. The highest BCUT2D eigenvalue weighted by Gasteiger charge is 2.49. The fourth-order valence-corrected chi connectivity index (χ4v) is 4.14. The summed E-state index contributed by atoms with van der Waals surface area (Å²) in [6.45, 7) is 2.44. The van der Waals surface area contributed by atoms with E-state index in [0.717, 1.165) is 43.6 Å². The molecule has 2 aromatic rings. The summed E-state index contributed by atoms with van der Waals surface area (Å²) in [7, 11) is 0. The molecule has 2 aromatic heterocycles. The van der Waals surface area contributed by atoms with Crippen molar-refractivity contribution in [3.05, 3.63) is 42.5 Å². The Hall–Kier alpha value is -2.21.